The van der Waals surface area contributed by atoms with E-state index in [0.29, 0.717) is 24.1 Å². The van der Waals surface area contributed by atoms with Crippen molar-refractivity contribution in [2.24, 2.45) is 0 Å². The minimum atomic E-state index is -4.54. The van der Waals surface area contributed by atoms with Crippen molar-refractivity contribution in [3.8, 4) is 0 Å². The first-order valence-electron chi connectivity index (χ1n) is 29.7. The average Bonchev–Trinajstić information content (AvgIpc) is 3.33. The number of likely N-dealkylation sites (N-methyl/N-ethyl adjacent to an activating group) is 1. The summed E-state index contributed by atoms with van der Waals surface area (Å²) in [6, 6.07) is 0. The summed E-state index contributed by atoms with van der Waals surface area (Å²) in [4.78, 5) is 25.3. The number of ether oxygens (including phenoxy) is 2. The normalized spacial score (nSPS) is 13.9. The molecule has 414 valence electrons. The Hall–Kier alpha value is -2.06. The first kappa shape index (κ1) is 68.9. The number of hydrogen-bond donors (Lipinski definition) is 0. The summed E-state index contributed by atoms with van der Waals surface area (Å²) in [5, 5.41) is 0. The van der Waals surface area contributed by atoms with Crippen LogP contribution < -0.4 is 4.89 Å². The van der Waals surface area contributed by atoms with E-state index in [9.17, 15) is 14.3 Å². The summed E-state index contributed by atoms with van der Waals surface area (Å²) in [7, 11) is 1.35. The second-order valence-electron chi connectivity index (χ2n) is 21.0. The van der Waals surface area contributed by atoms with E-state index in [1.165, 1.54) is 180 Å². The van der Waals surface area contributed by atoms with Crippen LogP contribution in [0.3, 0.4) is 0 Å². The van der Waals surface area contributed by atoms with Gasteiger partial charge in [-0.05, 0) is 89.9 Å². The minimum absolute atomic E-state index is 0.0213. The molecule has 2 atom stereocenters. The Kier molecular flexibility index (Phi) is 52.6. The molecule has 0 bridgehead atoms. The summed E-state index contributed by atoms with van der Waals surface area (Å²) in [5.74, 6) is -0.339. The smallest absolute Gasteiger partial charge is 0.306 e. The van der Waals surface area contributed by atoms with E-state index < -0.39 is 13.9 Å². The maximum absolute atomic E-state index is 12.8. The fraction of sp³-hybridized carbons (Fsp3) is 0.790. The van der Waals surface area contributed by atoms with E-state index >= 15 is 0 Å². The number of allylic oxidation sites excluding steroid dienone is 12. The fourth-order valence-electron chi connectivity index (χ4n) is 8.15. The SMILES string of the molecule is CCCCCCC/C=C\C/C=C\C/C=C\CCCCCCCCCCCCC(=O)OC(COCCCCCCCCCCC/C=C\C/C=C\C/C=C\CCCCCCC)COP(=O)([O-])OCC[N+](C)(C)C. The lowest BCUT2D eigenvalue weighted by Crippen LogP contribution is -2.37. The van der Waals surface area contributed by atoms with Crippen LogP contribution in [-0.2, 0) is 27.9 Å². The van der Waals surface area contributed by atoms with Gasteiger partial charge in [0.15, 0.2) is 0 Å². The number of carbonyl (C=O) groups is 1. The van der Waals surface area contributed by atoms with Gasteiger partial charge in [-0.15, -0.1) is 0 Å². The molecule has 0 aromatic rings. The number of quaternary nitrogens is 1. The van der Waals surface area contributed by atoms with Crippen LogP contribution in [-0.4, -0.2) is 70.7 Å². The Morgan fingerprint density at radius 3 is 1.15 bits per heavy atom. The Morgan fingerprint density at radius 1 is 0.437 bits per heavy atom. The van der Waals surface area contributed by atoms with E-state index in [-0.39, 0.29) is 25.8 Å². The van der Waals surface area contributed by atoms with Gasteiger partial charge in [0.05, 0.1) is 34.4 Å². The molecular weight excluding hydrogens is 902 g/mol. The minimum Gasteiger partial charge on any atom is -0.756 e. The fourth-order valence-corrected chi connectivity index (χ4v) is 8.88. The standard InChI is InChI=1S/C62H114NO7P/c1-6-8-10-12-14-16-18-20-22-24-26-28-30-32-33-35-37-39-41-43-45-47-49-51-53-55-62(64)70-61(60-69-71(65,66)68-58-56-63(3,4)5)59-67-57-54-52-50-48-46-44-42-40-38-36-34-31-29-27-25-23-21-19-17-15-13-11-9-7-2/h18-21,24-27,30-32,34,61H,6-17,22-23,28-29,33,35-60H2,1-5H3/b20-18-,21-19-,26-24-,27-25-,32-30-,34-31-. The summed E-state index contributed by atoms with van der Waals surface area (Å²) < 4.78 is 34.9. The van der Waals surface area contributed by atoms with Gasteiger partial charge in [-0.2, -0.15) is 0 Å². The number of carbonyl (C=O) groups excluding carboxylic acids is 1. The van der Waals surface area contributed by atoms with Crippen LogP contribution in [0.1, 0.15) is 258 Å². The molecule has 0 fully saturated rings. The van der Waals surface area contributed by atoms with Crippen LogP contribution >= 0.6 is 7.82 Å². The van der Waals surface area contributed by atoms with Crippen molar-refractivity contribution < 1.29 is 37.3 Å². The van der Waals surface area contributed by atoms with E-state index in [4.69, 9.17) is 18.5 Å². The van der Waals surface area contributed by atoms with Crippen LogP contribution in [0.15, 0.2) is 72.9 Å². The van der Waals surface area contributed by atoms with Crippen molar-refractivity contribution in [3.05, 3.63) is 72.9 Å². The number of phosphoric acid groups is 1. The molecule has 0 spiro atoms. The zero-order valence-corrected chi connectivity index (χ0v) is 48.1. The van der Waals surface area contributed by atoms with Crippen LogP contribution in [0, 0.1) is 0 Å². The molecule has 0 heterocycles. The monoisotopic (exact) mass is 1020 g/mol. The zero-order valence-electron chi connectivity index (χ0n) is 47.2. The molecule has 0 N–H and O–H groups in total. The Labute approximate surface area is 440 Å². The molecule has 0 amide bonds. The third kappa shape index (κ3) is 58.7. The Bertz CT molecular complexity index is 1370. The van der Waals surface area contributed by atoms with Crippen LogP contribution in [0.25, 0.3) is 0 Å². The topological polar surface area (TPSA) is 94.1 Å². The predicted octanol–water partition coefficient (Wildman–Crippen LogP) is 18.3. The maximum atomic E-state index is 12.8. The summed E-state index contributed by atoms with van der Waals surface area (Å²) in [6.07, 6.45) is 72.2. The molecule has 71 heavy (non-hydrogen) atoms. The first-order valence-corrected chi connectivity index (χ1v) is 31.1. The van der Waals surface area contributed by atoms with Crippen LogP contribution in [0.4, 0.5) is 0 Å². The van der Waals surface area contributed by atoms with Gasteiger partial charge in [-0.25, -0.2) is 0 Å². The van der Waals surface area contributed by atoms with Gasteiger partial charge < -0.3 is 27.9 Å². The third-order valence-electron chi connectivity index (χ3n) is 12.7. The lowest BCUT2D eigenvalue weighted by atomic mass is 10.0. The van der Waals surface area contributed by atoms with Crippen molar-refractivity contribution in [1.82, 2.24) is 0 Å². The molecular formula is C62H114NO7P. The van der Waals surface area contributed by atoms with Crippen molar-refractivity contribution in [3.63, 3.8) is 0 Å². The highest BCUT2D eigenvalue weighted by Gasteiger charge is 2.20. The van der Waals surface area contributed by atoms with Gasteiger partial charge in [0.2, 0.25) is 0 Å². The molecule has 8 nitrogen and oxygen atoms in total. The van der Waals surface area contributed by atoms with Gasteiger partial charge >= 0.3 is 5.97 Å². The van der Waals surface area contributed by atoms with E-state index in [0.717, 1.165) is 57.8 Å². The van der Waals surface area contributed by atoms with Gasteiger partial charge in [0.1, 0.15) is 19.3 Å². The molecule has 0 radical (unpaired) electrons. The molecule has 0 aromatic carbocycles. The Morgan fingerprint density at radius 2 is 0.775 bits per heavy atom. The molecule has 0 saturated carbocycles. The van der Waals surface area contributed by atoms with E-state index in [1.807, 2.05) is 21.1 Å². The maximum Gasteiger partial charge on any atom is 0.306 e. The van der Waals surface area contributed by atoms with E-state index in [1.54, 1.807) is 0 Å². The number of rotatable bonds is 55. The van der Waals surface area contributed by atoms with E-state index in [2.05, 4.69) is 86.8 Å². The van der Waals surface area contributed by atoms with Gasteiger partial charge in [-0.3, -0.25) is 9.36 Å². The highest BCUT2D eigenvalue weighted by Crippen LogP contribution is 2.38. The molecule has 0 rings (SSSR count). The van der Waals surface area contributed by atoms with Gasteiger partial charge in [0, 0.05) is 13.0 Å². The lowest BCUT2D eigenvalue weighted by molar-refractivity contribution is -0.870. The highest BCUT2D eigenvalue weighted by atomic mass is 31.2. The van der Waals surface area contributed by atoms with Crippen molar-refractivity contribution in [1.29, 1.82) is 0 Å². The molecule has 0 aliphatic heterocycles. The molecule has 0 aromatic heterocycles. The molecule has 9 heteroatoms. The molecule has 0 aliphatic rings. The summed E-state index contributed by atoms with van der Waals surface area (Å²) in [6.45, 7) is 5.39. The van der Waals surface area contributed by atoms with Crippen molar-refractivity contribution >= 4 is 13.8 Å². The number of phosphoric ester groups is 1. The Balaban J connectivity index is 4.10. The largest absolute Gasteiger partial charge is 0.756 e. The number of esters is 1. The molecule has 2 unspecified atom stereocenters. The second-order valence-corrected chi connectivity index (χ2v) is 22.4. The zero-order chi connectivity index (χ0) is 51.9. The van der Waals surface area contributed by atoms with Crippen LogP contribution in [0.5, 0.6) is 0 Å². The number of hydrogen-bond acceptors (Lipinski definition) is 7. The predicted molar refractivity (Wildman–Crippen MR) is 305 cm³/mol. The summed E-state index contributed by atoms with van der Waals surface area (Å²) >= 11 is 0. The second kappa shape index (κ2) is 54.2. The van der Waals surface area contributed by atoms with Crippen molar-refractivity contribution in [2.45, 2.75) is 264 Å². The average molecular weight is 1020 g/mol. The quantitative estimate of drug-likeness (QED) is 0.0197. The first-order chi connectivity index (χ1) is 34.6. The summed E-state index contributed by atoms with van der Waals surface area (Å²) in [5.41, 5.74) is 0. The molecule has 0 saturated heterocycles. The lowest BCUT2D eigenvalue weighted by Gasteiger charge is -2.28. The number of nitrogens with zero attached hydrogens (tertiary/aromatic N) is 1. The van der Waals surface area contributed by atoms with Crippen LogP contribution in [0.2, 0.25) is 0 Å². The number of unbranched alkanes of at least 4 members (excludes halogenated alkanes) is 29. The third-order valence-corrected chi connectivity index (χ3v) is 13.7. The molecule has 0 aliphatic carbocycles. The highest BCUT2D eigenvalue weighted by molar-refractivity contribution is 7.45. The van der Waals surface area contributed by atoms with Gasteiger partial charge in [0.25, 0.3) is 7.82 Å². The van der Waals surface area contributed by atoms with Gasteiger partial charge in [-0.1, -0.05) is 234 Å². The van der Waals surface area contributed by atoms with Crippen molar-refractivity contribution in [2.75, 3.05) is 54.1 Å².